The second-order valence-corrected chi connectivity index (χ2v) is 11.3. The predicted octanol–water partition coefficient (Wildman–Crippen LogP) is 5.19. The maximum absolute atomic E-state index is 13.2. The van der Waals surface area contributed by atoms with Gasteiger partial charge in [-0.1, -0.05) is 20.8 Å². The molecule has 1 saturated heterocycles. The first kappa shape index (κ1) is 23.3. The van der Waals surface area contributed by atoms with Crippen molar-refractivity contribution >= 4 is 23.4 Å². The molecule has 3 rings (SSSR count). The fourth-order valence-corrected chi connectivity index (χ4v) is 5.10. The smallest absolute Gasteiger partial charge is 0.422 e. The van der Waals surface area contributed by atoms with Crippen molar-refractivity contribution in [1.82, 2.24) is 0 Å². The quantitative estimate of drug-likeness (QED) is 0.678. The van der Waals surface area contributed by atoms with Crippen molar-refractivity contribution in [1.29, 1.82) is 0 Å². The van der Waals surface area contributed by atoms with Crippen molar-refractivity contribution in [3.63, 3.8) is 0 Å². The molecule has 0 unspecified atom stereocenters. The minimum atomic E-state index is -4.38. The summed E-state index contributed by atoms with van der Waals surface area (Å²) in [4.78, 5) is 14.9. The first-order chi connectivity index (χ1) is 13.8. The molecule has 8 heteroatoms. The summed E-state index contributed by atoms with van der Waals surface area (Å²) in [5.74, 6) is 0.845. The molecule has 0 aromatic heterocycles. The Labute approximate surface area is 180 Å². The normalized spacial score (nSPS) is 27.7. The van der Waals surface area contributed by atoms with E-state index in [-0.39, 0.29) is 16.4 Å². The van der Waals surface area contributed by atoms with Gasteiger partial charge in [0.1, 0.15) is 5.75 Å². The lowest BCUT2D eigenvalue weighted by atomic mass is 9.68. The maximum Gasteiger partial charge on any atom is 0.422 e. The van der Waals surface area contributed by atoms with Gasteiger partial charge in [-0.05, 0) is 56.4 Å². The average molecular weight is 446 g/mol. The molecule has 1 aromatic rings. The van der Waals surface area contributed by atoms with E-state index in [4.69, 9.17) is 4.74 Å². The van der Waals surface area contributed by atoms with Crippen LogP contribution in [0.5, 0.6) is 5.75 Å². The monoisotopic (exact) mass is 445 g/mol. The fraction of sp³-hybridized carbons (Fsp3) is 0.682. The molecular formula is C22H30F3NO3S. The molecule has 2 fully saturated rings. The number of alkyl halides is 3. The largest absolute Gasteiger partial charge is 0.484 e. The number of carbonyl (C=O) groups excluding carboxylic acids is 1. The summed E-state index contributed by atoms with van der Waals surface area (Å²) in [7, 11) is 0. The van der Waals surface area contributed by atoms with Crippen LogP contribution in [0.25, 0.3) is 0 Å². The van der Waals surface area contributed by atoms with Crippen LogP contribution in [-0.2, 0) is 4.79 Å². The number of halogens is 3. The summed E-state index contributed by atoms with van der Waals surface area (Å²) in [5.41, 5.74) is -0.501. The van der Waals surface area contributed by atoms with E-state index >= 15 is 0 Å². The van der Waals surface area contributed by atoms with E-state index < -0.39 is 23.8 Å². The highest BCUT2D eigenvalue weighted by Crippen LogP contribution is 2.49. The lowest BCUT2D eigenvalue weighted by molar-refractivity contribution is -0.153. The molecule has 30 heavy (non-hydrogen) atoms. The third kappa shape index (κ3) is 5.63. The maximum atomic E-state index is 13.2. The lowest BCUT2D eigenvalue weighted by Gasteiger charge is -2.41. The summed E-state index contributed by atoms with van der Waals surface area (Å²) >= 11 is 1.75. The molecule has 0 bridgehead atoms. The molecule has 1 heterocycles. The number of thioether (sulfide) groups is 1. The number of anilines is 1. The van der Waals surface area contributed by atoms with Gasteiger partial charge in [-0.25, -0.2) is 0 Å². The lowest BCUT2D eigenvalue weighted by Crippen LogP contribution is -2.45. The highest BCUT2D eigenvalue weighted by molar-refractivity contribution is 8.00. The SMILES string of the molecule is CC(C)(C)SC[C@]1(O)CC[C@]2(CCN(c3ccc(OCC(F)(F)F)cc3)C2=O)CC1. The van der Waals surface area contributed by atoms with Gasteiger partial charge in [-0.2, -0.15) is 24.9 Å². The average Bonchev–Trinajstić information content (AvgIpc) is 2.97. The van der Waals surface area contributed by atoms with E-state index in [1.165, 1.54) is 12.1 Å². The van der Waals surface area contributed by atoms with Gasteiger partial charge < -0.3 is 14.7 Å². The Morgan fingerprint density at radius 1 is 1.07 bits per heavy atom. The van der Waals surface area contributed by atoms with Crippen LogP contribution < -0.4 is 9.64 Å². The molecule has 168 valence electrons. The van der Waals surface area contributed by atoms with E-state index in [1.54, 1.807) is 28.8 Å². The van der Waals surface area contributed by atoms with E-state index in [0.29, 0.717) is 43.7 Å². The number of ether oxygens (including phenoxy) is 1. The van der Waals surface area contributed by atoms with Crippen molar-refractivity contribution in [2.75, 3.05) is 23.8 Å². The van der Waals surface area contributed by atoms with Gasteiger partial charge in [-0.15, -0.1) is 0 Å². The van der Waals surface area contributed by atoms with Crippen molar-refractivity contribution in [2.45, 2.75) is 69.4 Å². The fourth-order valence-electron chi connectivity index (χ4n) is 4.11. The molecule has 2 aliphatic rings. The molecule has 4 nitrogen and oxygen atoms in total. The molecular weight excluding hydrogens is 415 g/mol. The van der Waals surface area contributed by atoms with Crippen molar-refractivity contribution in [3.05, 3.63) is 24.3 Å². The zero-order chi connectivity index (χ0) is 22.2. The predicted molar refractivity (Wildman–Crippen MR) is 113 cm³/mol. The second-order valence-electron chi connectivity index (χ2n) is 9.51. The van der Waals surface area contributed by atoms with Crippen LogP contribution in [0, 0.1) is 5.41 Å². The Bertz CT molecular complexity index is 750. The van der Waals surface area contributed by atoms with Crippen LogP contribution >= 0.6 is 11.8 Å². The van der Waals surface area contributed by atoms with E-state index in [1.807, 2.05) is 0 Å². The molecule has 1 aromatic carbocycles. The van der Waals surface area contributed by atoms with Gasteiger partial charge in [0.2, 0.25) is 5.91 Å². The van der Waals surface area contributed by atoms with Gasteiger partial charge >= 0.3 is 6.18 Å². The summed E-state index contributed by atoms with van der Waals surface area (Å²) in [6.45, 7) is 5.63. The van der Waals surface area contributed by atoms with Crippen LogP contribution in [-0.4, -0.2) is 46.4 Å². The second kappa shape index (κ2) is 8.26. The number of amides is 1. The topological polar surface area (TPSA) is 49.8 Å². The van der Waals surface area contributed by atoms with Crippen LogP contribution in [0.2, 0.25) is 0 Å². The minimum Gasteiger partial charge on any atom is -0.484 e. The first-order valence-corrected chi connectivity index (χ1v) is 11.3. The van der Waals surface area contributed by atoms with E-state index in [2.05, 4.69) is 20.8 Å². The van der Waals surface area contributed by atoms with Crippen LogP contribution in [0.15, 0.2) is 24.3 Å². The van der Waals surface area contributed by atoms with Gasteiger partial charge in [0.15, 0.2) is 6.61 Å². The molecule has 1 saturated carbocycles. The number of hydrogen-bond acceptors (Lipinski definition) is 4. The van der Waals surface area contributed by atoms with Crippen LogP contribution in [0.3, 0.4) is 0 Å². The first-order valence-electron chi connectivity index (χ1n) is 10.3. The highest BCUT2D eigenvalue weighted by Gasteiger charge is 2.51. The van der Waals surface area contributed by atoms with Gasteiger partial charge in [-0.3, -0.25) is 4.79 Å². The molecule has 1 aliphatic carbocycles. The Hall–Kier alpha value is -1.41. The number of rotatable bonds is 5. The van der Waals surface area contributed by atoms with Crippen molar-refractivity contribution in [3.8, 4) is 5.75 Å². The Kier molecular flexibility index (Phi) is 6.41. The Balaban J connectivity index is 1.60. The Morgan fingerprint density at radius 3 is 2.20 bits per heavy atom. The third-order valence-electron chi connectivity index (χ3n) is 5.98. The molecule has 1 N–H and O–H groups in total. The van der Waals surface area contributed by atoms with Gasteiger partial charge in [0, 0.05) is 22.7 Å². The standard InChI is InChI=1S/C22H30F3NO3S/c1-19(2,3)30-15-21(28)10-8-20(9-11-21)12-13-26(18(20)27)16-4-6-17(7-5-16)29-14-22(23,24)25/h4-7,28H,8-15H2,1-3H3/t20-,21+. The molecule has 0 atom stereocenters. The van der Waals surface area contributed by atoms with Gasteiger partial charge in [0.25, 0.3) is 0 Å². The molecule has 1 spiro atoms. The number of nitrogens with zero attached hydrogens (tertiary/aromatic N) is 1. The zero-order valence-corrected chi connectivity index (χ0v) is 18.5. The van der Waals surface area contributed by atoms with Crippen LogP contribution in [0.4, 0.5) is 18.9 Å². The molecule has 0 radical (unpaired) electrons. The molecule has 1 aliphatic heterocycles. The van der Waals surface area contributed by atoms with Crippen molar-refractivity contribution < 1.29 is 27.8 Å². The van der Waals surface area contributed by atoms with Crippen molar-refractivity contribution in [2.24, 2.45) is 5.41 Å². The minimum absolute atomic E-state index is 0.0528. The number of carbonyl (C=O) groups is 1. The molecule has 1 amide bonds. The Morgan fingerprint density at radius 2 is 1.67 bits per heavy atom. The van der Waals surface area contributed by atoms with E-state index in [0.717, 1.165) is 6.42 Å². The number of benzene rings is 1. The summed E-state index contributed by atoms with van der Waals surface area (Å²) in [6, 6.07) is 6.18. The van der Waals surface area contributed by atoms with Gasteiger partial charge in [0.05, 0.1) is 11.0 Å². The summed E-state index contributed by atoms with van der Waals surface area (Å²) in [6.07, 6.45) is -1.10. The number of hydrogen-bond donors (Lipinski definition) is 1. The highest BCUT2D eigenvalue weighted by atomic mass is 32.2. The number of aliphatic hydroxyl groups is 1. The summed E-state index contributed by atoms with van der Waals surface area (Å²) < 4.78 is 41.7. The zero-order valence-electron chi connectivity index (χ0n) is 17.7. The summed E-state index contributed by atoms with van der Waals surface area (Å²) in [5, 5.41) is 10.9. The van der Waals surface area contributed by atoms with E-state index in [9.17, 15) is 23.1 Å². The van der Waals surface area contributed by atoms with Crippen LogP contribution in [0.1, 0.15) is 52.9 Å². The third-order valence-corrected chi connectivity index (χ3v) is 7.52.